The Labute approximate surface area is 146 Å². The Morgan fingerprint density at radius 3 is 2.21 bits per heavy atom. The maximum atomic E-state index is 12.1. The molecule has 2 N–H and O–H groups in total. The van der Waals surface area contributed by atoms with Gasteiger partial charge in [-0.05, 0) is 72.8 Å². The fourth-order valence-corrected chi connectivity index (χ4v) is 4.85. The van der Waals surface area contributed by atoms with E-state index in [9.17, 15) is 4.79 Å². The van der Waals surface area contributed by atoms with Crippen molar-refractivity contribution >= 4 is 6.09 Å². The number of hydrogen-bond acceptors (Lipinski definition) is 4. The van der Waals surface area contributed by atoms with Crippen molar-refractivity contribution in [2.75, 3.05) is 7.05 Å². The van der Waals surface area contributed by atoms with E-state index in [0.717, 1.165) is 24.9 Å². The van der Waals surface area contributed by atoms with Crippen molar-refractivity contribution in [1.82, 2.24) is 15.5 Å². The third-order valence-electron chi connectivity index (χ3n) is 6.01. The van der Waals surface area contributed by atoms with E-state index in [0.29, 0.717) is 12.1 Å². The third kappa shape index (κ3) is 4.42. The molecule has 138 valence electrons. The molecule has 2 bridgehead atoms. The minimum atomic E-state index is -0.434. The molecule has 3 aliphatic rings. The number of amides is 1. The van der Waals surface area contributed by atoms with Crippen LogP contribution in [0.15, 0.2) is 0 Å². The van der Waals surface area contributed by atoms with Gasteiger partial charge in [0.05, 0.1) is 0 Å². The van der Waals surface area contributed by atoms with Gasteiger partial charge >= 0.3 is 6.09 Å². The maximum absolute atomic E-state index is 12.1. The van der Waals surface area contributed by atoms with Crippen LogP contribution in [0.4, 0.5) is 4.79 Å². The molecule has 2 heterocycles. The molecular formula is C19H35N3O2. The molecule has 5 nitrogen and oxygen atoms in total. The Kier molecular flexibility index (Phi) is 5.40. The van der Waals surface area contributed by atoms with Crippen LogP contribution in [0.1, 0.15) is 72.1 Å². The number of nitrogens with zero attached hydrogens (tertiary/aromatic N) is 1. The monoisotopic (exact) mass is 337 g/mol. The molecule has 3 rings (SSSR count). The zero-order valence-electron chi connectivity index (χ0n) is 15.8. The SMILES string of the molecule is CN1[C@H]2CCC[C@H]1CC(N[C@H]1CCC[C@@H]1NC(=O)OC(C)(C)C)C2. The van der Waals surface area contributed by atoms with E-state index in [-0.39, 0.29) is 12.1 Å². The molecule has 1 amide bonds. The highest BCUT2D eigenvalue weighted by molar-refractivity contribution is 5.68. The lowest BCUT2D eigenvalue weighted by Gasteiger charge is -2.48. The predicted molar refractivity (Wildman–Crippen MR) is 96.1 cm³/mol. The first-order chi connectivity index (χ1) is 11.3. The maximum Gasteiger partial charge on any atom is 0.407 e. The second-order valence-corrected chi connectivity index (χ2v) is 9.03. The number of carbonyl (C=O) groups is 1. The molecular weight excluding hydrogens is 302 g/mol. The molecule has 24 heavy (non-hydrogen) atoms. The Hall–Kier alpha value is -0.810. The van der Waals surface area contributed by atoms with E-state index < -0.39 is 5.60 Å². The Bertz CT molecular complexity index is 434. The predicted octanol–water partition coefficient (Wildman–Crippen LogP) is 3.04. The van der Waals surface area contributed by atoms with Crippen LogP contribution in [0.2, 0.25) is 0 Å². The minimum absolute atomic E-state index is 0.208. The number of alkyl carbamates (subject to hydrolysis) is 1. The molecule has 0 aromatic rings. The summed E-state index contributed by atoms with van der Waals surface area (Å²) in [4.78, 5) is 14.7. The number of piperidine rings is 2. The zero-order chi connectivity index (χ0) is 17.3. The van der Waals surface area contributed by atoms with E-state index in [4.69, 9.17) is 4.74 Å². The average molecular weight is 338 g/mol. The van der Waals surface area contributed by atoms with Crippen LogP contribution in [0.3, 0.4) is 0 Å². The van der Waals surface area contributed by atoms with Gasteiger partial charge < -0.3 is 20.3 Å². The van der Waals surface area contributed by atoms with Gasteiger partial charge in [0.15, 0.2) is 0 Å². The highest BCUT2D eigenvalue weighted by Gasteiger charge is 2.38. The van der Waals surface area contributed by atoms with Crippen LogP contribution in [0.5, 0.6) is 0 Å². The number of carbonyl (C=O) groups excluding carboxylic acids is 1. The van der Waals surface area contributed by atoms with Crippen molar-refractivity contribution in [2.45, 2.75) is 108 Å². The van der Waals surface area contributed by atoms with E-state index in [1.54, 1.807) is 0 Å². The van der Waals surface area contributed by atoms with Gasteiger partial charge in [-0.15, -0.1) is 0 Å². The fourth-order valence-electron chi connectivity index (χ4n) is 4.85. The molecule has 2 saturated heterocycles. The van der Waals surface area contributed by atoms with Gasteiger partial charge in [-0.2, -0.15) is 0 Å². The molecule has 1 saturated carbocycles. The van der Waals surface area contributed by atoms with E-state index in [1.807, 2.05) is 20.8 Å². The number of ether oxygens (including phenoxy) is 1. The van der Waals surface area contributed by atoms with Gasteiger partial charge in [-0.3, -0.25) is 0 Å². The van der Waals surface area contributed by atoms with Crippen LogP contribution < -0.4 is 10.6 Å². The second kappa shape index (κ2) is 7.20. The van der Waals surface area contributed by atoms with Crippen molar-refractivity contribution in [1.29, 1.82) is 0 Å². The lowest BCUT2D eigenvalue weighted by atomic mass is 9.82. The standard InChI is InChI=1S/C19H35N3O2/c1-19(2,3)24-18(23)21-17-10-6-9-16(17)20-13-11-14-7-5-8-15(12-13)22(14)4/h13-17,20H,5-12H2,1-4H3,(H,21,23)/t14-,15-,16-,17-/m0/s1. The van der Waals surface area contributed by atoms with Crippen LogP contribution in [0.25, 0.3) is 0 Å². The summed E-state index contributed by atoms with van der Waals surface area (Å²) >= 11 is 0. The molecule has 4 atom stereocenters. The molecule has 0 unspecified atom stereocenters. The van der Waals surface area contributed by atoms with Gasteiger partial charge in [0.1, 0.15) is 5.60 Å². The summed E-state index contributed by atoms with van der Waals surface area (Å²) in [7, 11) is 2.30. The summed E-state index contributed by atoms with van der Waals surface area (Å²) in [5, 5.41) is 6.99. The summed E-state index contributed by atoms with van der Waals surface area (Å²) in [6.45, 7) is 5.73. The van der Waals surface area contributed by atoms with E-state index >= 15 is 0 Å². The lowest BCUT2D eigenvalue weighted by molar-refractivity contribution is 0.0416. The van der Waals surface area contributed by atoms with Gasteiger partial charge in [0.25, 0.3) is 0 Å². The summed E-state index contributed by atoms with van der Waals surface area (Å²) in [6, 6.07) is 2.69. The first-order valence-electron chi connectivity index (χ1n) is 9.79. The van der Waals surface area contributed by atoms with E-state index in [1.165, 1.54) is 38.5 Å². The molecule has 5 heteroatoms. The summed E-state index contributed by atoms with van der Waals surface area (Å²) in [5.41, 5.74) is -0.434. The van der Waals surface area contributed by atoms with Gasteiger partial charge in [-0.1, -0.05) is 6.42 Å². The Morgan fingerprint density at radius 2 is 1.58 bits per heavy atom. The normalized spacial score (nSPS) is 37.2. The smallest absolute Gasteiger partial charge is 0.407 e. The number of nitrogens with one attached hydrogen (secondary N) is 2. The number of hydrogen-bond donors (Lipinski definition) is 2. The summed E-state index contributed by atoms with van der Waals surface area (Å²) in [5.74, 6) is 0. The van der Waals surface area contributed by atoms with Gasteiger partial charge in [-0.25, -0.2) is 4.79 Å². The van der Waals surface area contributed by atoms with E-state index in [2.05, 4.69) is 22.6 Å². The molecule has 2 aliphatic heterocycles. The first-order valence-corrected chi connectivity index (χ1v) is 9.79. The number of fused-ring (bicyclic) bond motifs is 2. The highest BCUT2D eigenvalue weighted by Crippen LogP contribution is 2.33. The zero-order valence-corrected chi connectivity index (χ0v) is 15.8. The van der Waals surface area contributed by atoms with Crippen molar-refractivity contribution in [3.05, 3.63) is 0 Å². The Balaban J connectivity index is 1.52. The van der Waals surface area contributed by atoms with Crippen molar-refractivity contribution in [3.8, 4) is 0 Å². The van der Waals surface area contributed by atoms with Crippen molar-refractivity contribution in [3.63, 3.8) is 0 Å². The molecule has 0 radical (unpaired) electrons. The summed E-state index contributed by atoms with van der Waals surface area (Å²) < 4.78 is 5.43. The quantitative estimate of drug-likeness (QED) is 0.831. The molecule has 0 aromatic heterocycles. The lowest BCUT2D eigenvalue weighted by Crippen LogP contribution is -2.58. The largest absolute Gasteiger partial charge is 0.444 e. The molecule has 0 spiro atoms. The van der Waals surface area contributed by atoms with Crippen molar-refractivity contribution in [2.24, 2.45) is 0 Å². The fraction of sp³-hybridized carbons (Fsp3) is 0.947. The third-order valence-corrected chi connectivity index (χ3v) is 6.01. The molecule has 3 fully saturated rings. The topological polar surface area (TPSA) is 53.6 Å². The van der Waals surface area contributed by atoms with Crippen molar-refractivity contribution < 1.29 is 9.53 Å². The van der Waals surface area contributed by atoms with Crippen LogP contribution in [-0.2, 0) is 4.74 Å². The second-order valence-electron chi connectivity index (χ2n) is 9.03. The van der Waals surface area contributed by atoms with Crippen LogP contribution in [-0.4, -0.2) is 53.9 Å². The van der Waals surface area contributed by atoms with Crippen LogP contribution >= 0.6 is 0 Å². The highest BCUT2D eigenvalue weighted by atomic mass is 16.6. The van der Waals surface area contributed by atoms with Gasteiger partial charge in [0, 0.05) is 30.2 Å². The first kappa shape index (κ1) is 18.0. The Morgan fingerprint density at radius 1 is 1.00 bits per heavy atom. The molecule has 1 aliphatic carbocycles. The summed E-state index contributed by atoms with van der Waals surface area (Å²) in [6.07, 6.45) is 9.69. The minimum Gasteiger partial charge on any atom is -0.444 e. The van der Waals surface area contributed by atoms with Gasteiger partial charge in [0.2, 0.25) is 0 Å². The molecule has 0 aromatic carbocycles. The average Bonchev–Trinajstić information content (AvgIpc) is 2.85. The van der Waals surface area contributed by atoms with Crippen LogP contribution in [0, 0.1) is 0 Å². The number of rotatable bonds is 3.